The molecule has 1 aromatic rings. The quantitative estimate of drug-likeness (QED) is 0.829. The highest BCUT2D eigenvalue weighted by Gasteiger charge is 2.49. The van der Waals surface area contributed by atoms with Crippen molar-refractivity contribution in [2.45, 2.75) is 44.7 Å². The van der Waals surface area contributed by atoms with Gasteiger partial charge in [0.05, 0.1) is 12.1 Å². The predicted molar refractivity (Wildman–Crippen MR) is 97.3 cm³/mol. The molecular formula is C19H31N5O. The van der Waals surface area contributed by atoms with Crippen LogP contribution in [0.5, 0.6) is 0 Å². The van der Waals surface area contributed by atoms with Crippen LogP contribution in [0.15, 0.2) is 18.5 Å². The molecular weight excluding hydrogens is 314 g/mol. The summed E-state index contributed by atoms with van der Waals surface area (Å²) in [6, 6.07) is 2.41. The predicted octanol–water partition coefficient (Wildman–Crippen LogP) is 1.46. The fourth-order valence-corrected chi connectivity index (χ4v) is 4.88. The highest BCUT2D eigenvalue weighted by Crippen LogP contribution is 2.44. The largest absolute Gasteiger partial charge is 0.337 e. The van der Waals surface area contributed by atoms with Crippen molar-refractivity contribution in [3.63, 3.8) is 0 Å². The van der Waals surface area contributed by atoms with Gasteiger partial charge in [-0.15, -0.1) is 0 Å². The van der Waals surface area contributed by atoms with E-state index < -0.39 is 0 Å². The first-order valence-electron chi connectivity index (χ1n) is 9.81. The van der Waals surface area contributed by atoms with Crippen molar-refractivity contribution in [3.8, 4) is 0 Å². The Morgan fingerprint density at radius 3 is 2.68 bits per heavy atom. The van der Waals surface area contributed by atoms with Gasteiger partial charge in [0.25, 0.3) is 0 Å². The molecule has 4 rings (SSSR count). The second-order valence-electron chi connectivity index (χ2n) is 8.38. The summed E-state index contributed by atoms with van der Waals surface area (Å²) in [5.41, 5.74) is 0.369. The summed E-state index contributed by atoms with van der Waals surface area (Å²) in [4.78, 5) is 20.1. The van der Waals surface area contributed by atoms with Crippen molar-refractivity contribution in [2.75, 3.05) is 46.3 Å². The minimum absolute atomic E-state index is 0.0990. The third-order valence-electron chi connectivity index (χ3n) is 6.52. The topological polar surface area (TPSA) is 44.6 Å². The molecule has 25 heavy (non-hydrogen) atoms. The second-order valence-corrected chi connectivity index (χ2v) is 8.38. The summed E-state index contributed by atoms with van der Waals surface area (Å²) in [6.07, 6.45) is 8.47. The molecule has 0 saturated carbocycles. The number of nitrogens with zero attached hydrogens (tertiary/aromatic N) is 5. The van der Waals surface area contributed by atoms with Gasteiger partial charge in [-0.05, 0) is 63.8 Å². The number of hydrogen-bond donors (Lipinski definition) is 0. The van der Waals surface area contributed by atoms with Gasteiger partial charge in [-0.2, -0.15) is 5.10 Å². The molecule has 0 aromatic carbocycles. The van der Waals surface area contributed by atoms with E-state index in [0.717, 1.165) is 39.0 Å². The van der Waals surface area contributed by atoms with Crippen LogP contribution in [0.1, 0.15) is 38.6 Å². The van der Waals surface area contributed by atoms with Crippen molar-refractivity contribution in [1.82, 2.24) is 24.5 Å². The maximum atomic E-state index is 13.2. The van der Waals surface area contributed by atoms with Crippen molar-refractivity contribution in [2.24, 2.45) is 5.41 Å². The standard InChI is InChI=1S/C19H31N5O/c1-3-8-22-15-19(5-10-21(2)11-6-19)12-17(22)18(25)23-13-16(14-23)24-9-4-7-20-24/h4,7,9,16-17H,3,5-6,8,10-15H2,1-2H3/t17-/m0/s1. The van der Waals surface area contributed by atoms with E-state index in [2.05, 4.69) is 28.9 Å². The Labute approximate surface area is 150 Å². The summed E-state index contributed by atoms with van der Waals surface area (Å²) in [7, 11) is 2.21. The number of carbonyl (C=O) groups excluding carboxylic acids is 1. The van der Waals surface area contributed by atoms with E-state index in [9.17, 15) is 4.79 Å². The zero-order valence-corrected chi connectivity index (χ0v) is 15.6. The number of carbonyl (C=O) groups is 1. The molecule has 138 valence electrons. The molecule has 3 aliphatic rings. The van der Waals surface area contributed by atoms with Crippen LogP contribution in [0.25, 0.3) is 0 Å². The maximum Gasteiger partial charge on any atom is 0.240 e. The van der Waals surface area contributed by atoms with Crippen molar-refractivity contribution < 1.29 is 4.79 Å². The normalized spacial score (nSPS) is 27.8. The van der Waals surface area contributed by atoms with Gasteiger partial charge >= 0.3 is 0 Å². The fraction of sp³-hybridized carbons (Fsp3) is 0.789. The van der Waals surface area contributed by atoms with E-state index in [1.54, 1.807) is 0 Å². The smallest absolute Gasteiger partial charge is 0.240 e. The van der Waals surface area contributed by atoms with Crippen LogP contribution in [-0.2, 0) is 4.79 Å². The van der Waals surface area contributed by atoms with Gasteiger partial charge in [0.15, 0.2) is 0 Å². The number of aromatic nitrogens is 2. The molecule has 1 atom stereocenters. The zero-order valence-electron chi connectivity index (χ0n) is 15.6. The van der Waals surface area contributed by atoms with E-state index in [1.165, 1.54) is 25.9 Å². The van der Waals surface area contributed by atoms with Crippen LogP contribution < -0.4 is 0 Å². The molecule has 4 heterocycles. The number of rotatable bonds is 4. The number of amides is 1. The lowest BCUT2D eigenvalue weighted by atomic mass is 9.76. The molecule has 0 unspecified atom stereocenters. The van der Waals surface area contributed by atoms with E-state index in [4.69, 9.17) is 0 Å². The van der Waals surface area contributed by atoms with E-state index >= 15 is 0 Å². The Bertz CT molecular complexity index is 587. The van der Waals surface area contributed by atoms with Gasteiger partial charge in [0, 0.05) is 32.0 Å². The SMILES string of the molecule is CCCN1CC2(CCN(C)CC2)C[C@H]1C(=O)N1CC(n2cccn2)C1. The van der Waals surface area contributed by atoms with Gasteiger partial charge < -0.3 is 9.80 Å². The Morgan fingerprint density at radius 1 is 1.28 bits per heavy atom. The van der Waals surface area contributed by atoms with Crippen LogP contribution >= 0.6 is 0 Å². The van der Waals surface area contributed by atoms with Crippen LogP contribution in [-0.4, -0.2) is 82.7 Å². The maximum absolute atomic E-state index is 13.2. The molecule has 1 spiro atoms. The molecule has 0 aliphatic carbocycles. The molecule has 0 radical (unpaired) electrons. The van der Waals surface area contributed by atoms with E-state index in [1.807, 2.05) is 28.0 Å². The van der Waals surface area contributed by atoms with Gasteiger partial charge in [-0.1, -0.05) is 6.92 Å². The zero-order chi connectivity index (χ0) is 17.4. The molecule has 6 nitrogen and oxygen atoms in total. The number of piperidine rings is 1. The number of likely N-dealkylation sites (tertiary alicyclic amines) is 3. The first-order valence-corrected chi connectivity index (χ1v) is 9.81. The van der Waals surface area contributed by atoms with Crippen LogP contribution in [0.2, 0.25) is 0 Å². The van der Waals surface area contributed by atoms with Crippen molar-refractivity contribution >= 4 is 5.91 Å². The van der Waals surface area contributed by atoms with Crippen LogP contribution in [0, 0.1) is 5.41 Å². The molecule has 3 fully saturated rings. The first kappa shape index (κ1) is 17.0. The van der Waals surface area contributed by atoms with Crippen LogP contribution in [0.3, 0.4) is 0 Å². The highest BCUT2D eigenvalue weighted by molar-refractivity contribution is 5.83. The average molecular weight is 345 g/mol. The molecule has 3 saturated heterocycles. The minimum Gasteiger partial charge on any atom is -0.337 e. The fourth-order valence-electron chi connectivity index (χ4n) is 4.88. The lowest BCUT2D eigenvalue weighted by molar-refractivity contribution is -0.142. The minimum atomic E-state index is 0.0990. The molecule has 3 aliphatic heterocycles. The first-order chi connectivity index (χ1) is 12.1. The summed E-state index contributed by atoms with van der Waals surface area (Å²) in [5.74, 6) is 0.354. The molecule has 1 amide bonds. The summed E-state index contributed by atoms with van der Waals surface area (Å²) in [5, 5.41) is 4.31. The average Bonchev–Trinajstić information content (AvgIpc) is 3.18. The third-order valence-corrected chi connectivity index (χ3v) is 6.52. The molecule has 0 bridgehead atoms. The Kier molecular flexibility index (Phi) is 4.58. The van der Waals surface area contributed by atoms with Gasteiger partial charge in [-0.3, -0.25) is 14.4 Å². The monoisotopic (exact) mass is 345 g/mol. The Balaban J connectivity index is 1.40. The van der Waals surface area contributed by atoms with Crippen molar-refractivity contribution in [3.05, 3.63) is 18.5 Å². The molecule has 6 heteroatoms. The molecule has 0 N–H and O–H groups in total. The van der Waals surface area contributed by atoms with E-state index in [-0.39, 0.29) is 6.04 Å². The van der Waals surface area contributed by atoms with E-state index in [0.29, 0.717) is 17.4 Å². The summed E-state index contributed by atoms with van der Waals surface area (Å²) >= 11 is 0. The van der Waals surface area contributed by atoms with Crippen LogP contribution in [0.4, 0.5) is 0 Å². The summed E-state index contributed by atoms with van der Waals surface area (Å²) < 4.78 is 1.99. The lowest BCUT2D eigenvalue weighted by Crippen LogP contribution is -2.56. The highest BCUT2D eigenvalue weighted by atomic mass is 16.2. The number of hydrogen-bond acceptors (Lipinski definition) is 4. The van der Waals surface area contributed by atoms with Crippen molar-refractivity contribution in [1.29, 1.82) is 0 Å². The molecule has 1 aromatic heterocycles. The third kappa shape index (κ3) is 3.22. The Hall–Kier alpha value is -1.40. The Morgan fingerprint density at radius 2 is 2.04 bits per heavy atom. The van der Waals surface area contributed by atoms with Gasteiger partial charge in [-0.25, -0.2) is 0 Å². The second kappa shape index (κ2) is 6.72. The summed E-state index contributed by atoms with van der Waals surface area (Å²) in [6.45, 7) is 8.35. The van der Waals surface area contributed by atoms with Gasteiger partial charge in [0.2, 0.25) is 5.91 Å². The lowest BCUT2D eigenvalue weighted by Gasteiger charge is -2.41. The van der Waals surface area contributed by atoms with Gasteiger partial charge in [0.1, 0.15) is 0 Å².